The van der Waals surface area contributed by atoms with E-state index >= 15 is 0 Å². The Kier molecular flexibility index (Phi) is 4.51. The summed E-state index contributed by atoms with van der Waals surface area (Å²) in [7, 11) is 0. The first kappa shape index (κ1) is 14.4. The molecule has 2 N–H and O–H groups in total. The molecule has 3 unspecified atom stereocenters. The average molecular weight is 260 g/mol. The Morgan fingerprint density at radius 3 is 2.74 bits per heavy atom. The highest BCUT2D eigenvalue weighted by molar-refractivity contribution is 5.52. The van der Waals surface area contributed by atoms with Gasteiger partial charge in [-0.15, -0.1) is 0 Å². The molecule has 1 heterocycles. The van der Waals surface area contributed by atoms with E-state index in [0.717, 1.165) is 12.3 Å². The van der Waals surface area contributed by atoms with Gasteiger partial charge in [0.15, 0.2) is 0 Å². The highest BCUT2D eigenvalue weighted by atomic mass is 15.2. The van der Waals surface area contributed by atoms with Gasteiger partial charge in [0, 0.05) is 24.3 Å². The van der Waals surface area contributed by atoms with E-state index in [-0.39, 0.29) is 6.04 Å². The molecule has 0 bridgehead atoms. The number of hydrogen-bond acceptors (Lipinski definition) is 2. The smallest absolute Gasteiger partial charge is 0.0371 e. The third kappa shape index (κ3) is 3.30. The molecule has 0 saturated carbocycles. The van der Waals surface area contributed by atoms with Crippen molar-refractivity contribution in [2.75, 3.05) is 11.4 Å². The Labute approximate surface area is 118 Å². The van der Waals surface area contributed by atoms with Crippen molar-refractivity contribution in [1.29, 1.82) is 0 Å². The summed E-state index contributed by atoms with van der Waals surface area (Å²) in [5.41, 5.74) is 10.0. The SMILES string of the molecule is Cc1cc(N2CCCC(C)C2C)ccc1CC(C)N. The van der Waals surface area contributed by atoms with Gasteiger partial charge in [-0.3, -0.25) is 0 Å². The van der Waals surface area contributed by atoms with E-state index < -0.39 is 0 Å². The summed E-state index contributed by atoms with van der Waals surface area (Å²) < 4.78 is 0. The second-order valence-corrected chi connectivity index (χ2v) is 6.35. The van der Waals surface area contributed by atoms with Crippen LogP contribution in [0.15, 0.2) is 18.2 Å². The van der Waals surface area contributed by atoms with Crippen LogP contribution in [0.4, 0.5) is 5.69 Å². The molecule has 1 aromatic rings. The molecule has 2 nitrogen and oxygen atoms in total. The quantitative estimate of drug-likeness (QED) is 0.901. The van der Waals surface area contributed by atoms with E-state index in [1.54, 1.807) is 0 Å². The van der Waals surface area contributed by atoms with E-state index in [1.165, 1.54) is 36.2 Å². The summed E-state index contributed by atoms with van der Waals surface area (Å²) in [6.07, 6.45) is 3.64. The van der Waals surface area contributed by atoms with Crippen LogP contribution in [0.25, 0.3) is 0 Å². The molecule has 0 amide bonds. The minimum Gasteiger partial charge on any atom is -0.369 e. The van der Waals surface area contributed by atoms with Crippen molar-refractivity contribution in [3.05, 3.63) is 29.3 Å². The van der Waals surface area contributed by atoms with Crippen molar-refractivity contribution in [3.8, 4) is 0 Å². The normalized spacial score (nSPS) is 25.4. The largest absolute Gasteiger partial charge is 0.369 e. The lowest BCUT2D eigenvalue weighted by molar-refractivity contribution is 0.363. The van der Waals surface area contributed by atoms with Gasteiger partial charge >= 0.3 is 0 Å². The number of nitrogens with two attached hydrogens (primary N) is 1. The van der Waals surface area contributed by atoms with Crippen LogP contribution in [-0.4, -0.2) is 18.6 Å². The van der Waals surface area contributed by atoms with Gasteiger partial charge in [-0.2, -0.15) is 0 Å². The van der Waals surface area contributed by atoms with Gasteiger partial charge in [0.05, 0.1) is 0 Å². The summed E-state index contributed by atoms with van der Waals surface area (Å²) in [5, 5.41) is 0. The minimum absolute atomic E-state index is 0.235. The maximum atomic E-state index is 5.90. The third-order valence-electron chi connectivity index (χ3n) is 4.57. The molecule has 0 radical (unpaired) electrons. The van der Waals surface area contributed by atoms with Crippen LogP contribution in [0.1, 0.15) is 44.7 Å². The first-order chi connectivity index (χ1) is 8.99. The predicted octanol–water partition coefficient (Wildman–Crippen LogP) is 3.51. The maximum absolute atomic E-state index is 5.90. The molecule has 2 heteroatoms. The Morgan fingerprint density at radius 2 is 2.11 bits per heavy atom. The van der Waals surface area contributed by atoms with Crippen molar-refractivity contribution in [3.63, 3.8) is 0 Å². The molecule has 1 aromatic carbocycles. The Morgan fingerprint density at radius 1 is 1.37 bits per heavy atom. The molecule has 1 fully saturated rings. The fourth-order valence-electron chi connectivity index (χ4n) is 3.13. The van der Waals surface area contributed by atoms with Crippen LogP contribution < -0.4 is 10.6 Å². The van der Waals surface area contributed by atoms with Crippen LogP contribution in [-0.2, 0) is 6.42 Å². The summed E-state index contributed by atoms with van der Waals surface area (Å²) in [5.74, 6) is 0.790. The lowest BCUT2D eigenvalue weighted by atomic mass is 9.91. The molecule has 0 aromatic heterocycles. The fraction of sp³-hybridized carbons (Fsp3) is 0.647. The number of benzene rings is 1. The molecule has 106 valence electrons. The number of anilines is 1. The van der Waals surface area contributed by atoms with Crippen LogP contribution >= 0.6 is 0 Å². The topological polar surface area (TPSA) is 29.3 Å². The second kappa shape index (κ2) is 5.96. The average Bonchev–Trinajstić information content (AvgIpc) is 2.35. The lowest BCUT2D eigenvalue weighted by Gasteiger charge is -2.40. The van der Waals surface area contributed by atoms with Crippen LogP contribution in [0.2, 0.25) is 0 Å². The van der Waals surface area contributed by atoms with E-state index in [0.29, 0.717) is 6.04 Å². The summed E-state index contributed by atoms with van der Waals surface area (Å²) in [6, 6.07) is 7.76. The van der Waals surface area contributed by atoms with Crippen LogP contribution in [0.3, 0.4) is 0 Å². The summed E-state index contributed by atoms with van der Waals surface area (Å²) in [4.78, 5) is 2.57. The van der Waals surface area contributed by atoms with Crippen molar-refractivity contribution in [2.45, 2.75) is 59.0 Å². The minimum atomic E-state index is 0.235. The zero-order valence-electron chi connectivity index (χ0n) is 12.8. The molecule has 3 atom stereocenters. The van der Waals surface area contributed by atoms with Crippen molar-refractivity contribution < 1.29 is 0 Å². The van der Waals surface area contributed by atoms with Crippen molar-refractivity contribution in [1.82, 2.24) is 0 Å². The zero-order valence-corrected chi connectivity index (χ0v) is 12.8. The van der Waals surface area contributed by atoms with Crippen LogP contribution in [0.5, 0.6) is 0 Å². The van der Waals surface area contributed by atoms with E-state index in [4.69, 9.17) is 5.73 Å². The highest BCUT2D eigenvalue weighted by Gasteiger charge is 2.24. The first-order valence-corrected chi connectivity index (χ1v) is 7.60. The van der Waals surface area contributed by atoms with Crippen molar-refractivity contribution >= 4 is 5.69 Å². The number of piperidine rings is 1. The van der Waals surface area contributed by atoms with Gasteiger partial charge in [-0.1, -0.05) is 13.0 Å². The van der Waals surface area contributed by atoms with Gasteiger partial charge in [0.25, 0.3) is 0 Å². The Balaban J connectivity index is 2.19. The van der Waals surface area contributed by atoms with E-state index in [2.05, 4.69) is 50.8 Å². The Bertz CT molecular complexity index is 425. The molecule has 0 aliphatic carbocycles. The molecule has 19 heavy (non-hydrogen) atoms. The molecular weight excluding hydrogens is 232 g/mol. The predicted molar refractivity (Wildman–Crippen MR) is 83.7 cm³/mol. The highest BCUT2D eigenvalue weighted by Crippen LogP contribution is 2.29. The van der Waals surface area contributed by atoms with Crippen molar-refractivity contribution in [2.24, 2.45) is 11.7 Å². The molecule has 0 spiro atoms. The van der Waals surface area contributed by atoms with Gasteiger partial charge in [0.2, 0.25) is 0 Å². The molecular formula is C17H28N2. The standard InChI is InChI=1S/C17H28N2/c1-12-6-5-9-19(15(12)4)17-8-7-16(11-14(3)18)13(2)10-17/h7-8,10,12,14-15H,5-6,9,11,18H2,1-4H3. The maximum Gasteiger partial charge on any atom is 0.0371 e. The zero-order chi connectivity index (χ0) is 14.0. The van der Waals surface area contributed by atoms with Gasteiger partial charge in [-0.25, -0.2) is 0 Å². The van der Waals surface area contributed by atoms with Crippen LogP contribution in [0, 0.1) is 12.8 Å². The monoisotopic (exact) mass is 260 g/mol. The molecule has 1 aliphatic rings. The summed E-state index contributed by atoms with van der Waals surface area (Å²) in [6.45, 7) is 10.2. The number of nitrogens with zero attached hydrogens (tertiary/aromatic N) is 1. The first-order valence-electron chi connectivity index (χ1n) is 7.60. The summed E-state index contributed by atoms with van der Waals surface area (Å²) >= 11 is 0. The molecule has 2 rings (SSSR count). The number of hydrogen-bond donors (Lipinski definition) is 1. The van der Waals surface area contributed by atoms with Gasteiger partial charge in [-0.05, 0) is 69.2 Å². The second-order valence-electron chi connectivity index (χ2n) is 6.35. The van der Waals surface area contributed by atoms with E-state index in [9.17, 15) is 0 Å². The van der Waals surface area contributed by atoms with E-state index in [1.807, 2.05) is 0 Å². The van der Waals surface area contributed by atoms with Gasteiger partial charge < -0.3 is 10.6 Å². The lowest BCUT2D eigenvalue weighted by Crippen LogP contribution is -2.42. The molecule has 1 saturated heterocycles. The fourth-order valence-corrected chi connectivity index (χ4v) is 3.13. The number of rotatable bonds is 3. The number of aryl methyl sites for hydroxylation is 1. The van der Waals surface area contributed by atoms with Gasteiger partial charge in [0.1, 0.15) is 0 Å². The Hall–Kier alpha value is -1.02. The molecule has 1 aliphatic heterocycles. The third-order valence-corrected chi connectivity index (χ3v) is 4.57.